The van der Waals surface area contributed by atoms with Crippen molar-refractivity contribution in [2.45, 2.75) is 19.5 Å². The molecule has 26 heavy (non-hydrogen) atoms. The molecule has 4 rings (SSSR count). The molecule has 3 aromatic heterocycles. The third-order valence-electron chi connectivity index (χ3n) is 4.49. The standard InChI is InChI=1S/C20H20N4OS/c1-14(19-12-21-13-26-19)23-11-15-10-16(25-2)6-7-17(15)18-4-3-5-20-22-8-9-24(18)20/h3-10,12-14,23H,11H2,1-2H3. The number of methoxy groups -OCH3 is 1. The zero-order chi connectivity index (χ0) is 17.9. The van der Waals surface area contributed by atoms with Gasteiger partial charge in [0.1, 0.15) is 11.4 Å². The van der Waals surface area contributed by atoms with Crippen LogP contribution in [0.5, 0.6) is 5.75 Å². The fraction of sp³-hybridized carbons (Fsp3) is 0.200. The maximum atomic E-state index is 5.44. The number of fused-ring (bicyclic) bond motifs is 1. The topological polar surface area (TPSA) is 51.5 Å². The molecule has 0 saturated carbocycles. The van der Waals surface area contributed by atoms with Crippen LogP contribution in [0.15, 0.2) is 60.5 Å². The summed E-state index contributed by atoms with van der Waals surface area (Å²) < 4.78 is 7.55. The van der Waals surface area contributed by atoms with Crippen molar-refractivity contribution in [3.05, 3.63) is 70.9 Å². The molecule has 132 valence electrons. The Hall–Kier alpha value is -2.70. The number of nitrogens with zero attached hydrogens (tertiary/aromatic N) is 3. The van der Waals surface area contributed by atoms with Gasteiger partial charge in [-0.3, -0.25) is 9.38 Å². The molecule has 0 fully saturated rings. The highest BCUT2D eigenvalue weighted by atomic mass is 32.1. The Kier molecular flexibility index (Phi) is 4.69. The van der Waals surface area contributed by atoms with Gasteiger partial charge in [0.25, 0.3) is 0 Å². The van der Waals surface area contributed by atoms with Gasteiger partial charge < -0.3 is 10.1 Å². The van der Waals surface area contributed by atoms with Gasteiger partial charge in [0.15, 0.2) is 0 Å². The van der Waals surface area contributed by atoms with Gasteiger partial charge in [-0.05, 0) is 42.8 Å². The van der Waals surface area contributed by atoms with E-state index in [-0.39, 0.29) is 6.04 Å². The largest absolute Gasteiger partial charge is 0.497 e. The van der Waals surface area contributed by atoms with E-state index in [9.17, 15) is 0 Å². The minimum Gasteiger partial charge on any atom is -0.497 e. The van der Waals surface area contributed by atoms with Gasteiger partial charge in [0.2, 0.25) is 0 Å². The molecule has 0 aliphatic rings. The van der Waals surface area contributed by atoms with Crippen LogP contribution in [0.25, 0.3) is 16.9 Å². The number of pyridine rings is 1. The molecule has 5 nitrogen and oxygen atoms in total. The van der Waals surface area contributed by atoms with Crippen LogP contribution in [-0.4, -0.2) is 21.5 Å². The van der Waals surface area contributed by atoms with Crippen LogP contribution >= 0.6 is 11.3 Å². The third-order valence-corrected chi connectivity index (χ3v) is 5.45. The number of thiazole rings is 1. The van der Waals surface area contributed by atoms with Gasteiger partial charge in [0.05, 0.1) is 18.3 Å². The summed E-state index contributed by atoms with van der Waals surface area (Å²) in [5.41, 5.74) is 6.27. The van der Waals surface area contributed by atoms with E-state index in [2.05, 4.69) is 44.8 Å². The van der Waals surface area contributed by atoms with Crippen LogP contribution in [0, 0.1) is 0 Å². The van der Waals surface area contributed by atoms with E-state index in [1.165, 1.54) is 16.0 Å². The normalized spacial score (nSPS) is 12.4. The quantitative estimate of drug-likeness (QED) is 0.554. The monoisotopic (exact) mass is 364 g/mol. The Morgan fingerprint density at radius 2 is 2.19 bits per heavy atom. The van der Waals surface area contributed by atoms with Crippen LogP contribution < -0.4 is 10.1 Å². The van der Waals surface area contributed by atoms with Crippen molar-refractivity contribution < 1.29 is 4.74 Å². The lowest BCUT2D eigenvalue weighted by molar-refractivity contribution is 0.414. The zero-order valence-corrected chi connectivity index (χ0v) is 15.5. The fourth-order valence-corrected chi connectivity index (χ4v) is 3.72. The summed E-state index contributed by atoms with van der Waals surface area (Å²) in [4.78, 5) is 9.79. The summed E-state index contributed by atoms with van der Waals surface area (Å²) in [5, 5.41) is 3.59. The highest BCUT2D eigenvalue weighted by Crippen LogP contribution is 2.29. The summed E-state index contributed by atoms with van der Waals surface area (Å²) in [6.07, 6.45) is 5.74. The summed E-state index contributed by atoms with van der Waals surface area (Å²) in [6, 6.07) is 12.6. The maximum Gasteiger partial charge on any atom is 0.137 e. The molecule has 0 radical (unpaired) electrons. The summed E-state index contributed by atoms with van der Waals surface area (Å²) in [5.74, 6) is 0.855. The van der Waals surface area contributed by atoms with Crippen molar-refractivity contribution >= 4 is 17.0 Å². The SMILES string of the molecule is COc1ccc(-c2cccc3nccn23)c(CNC(C)c2cncs2)c1. The molecule has 6 heteroatoms. The summed E-state index contributed by atoms with van der Waals surface area (Å²) in [6.45, 7) is 2.89. The second-order valence-electron chi connectivity index (χ2n) is 6.10. The third kappa shape index (κ3) is 3.21. The first-order valence-corrected chi connectivity index (χ1v) is 9.35. The maximum absolute atomic E-state index is 5.44. The van der Waals surface area contributed by atoms with Crippen molar-refractivity contribution in [2.75, 3.05) is 7.11 Å². The lowest BCUT2D eigenvalue weighted by atomic mass is 10.0. The van der Waals surface area contributed by atoms with E-state index < -0.39 is 0 Å². The predicted molar refractivity (Wildman–Crippen MR) is 105 cm³/mol. The van der Waals surface area contributed by atoms with Gasteiger partial charge in [-0.15, -0.1) is 11.3 Å². The molecule has 1 aromatic carbocycles. The number of benzene rings is 1. The molecule has 0 aliphatic heterocycles. The molecule has 0 saturated heterocycles. The molecule has 1 atom stereocenters. The molecule has 3 heterocycles. The van der Waals surface area contributed by atoms with E-state index in [1.54, 1.807) is 18.4 Å². The molecule has 0 amide bonds. The Balaban J connectivity index is 1.70. The molecule has 0 aliphatic carbocycles. The van der Waals surface area contributed by atoms with Crippen LogP contribution in [0.1, 0.15) is 23.4 Å². The van der Waals surface area contributed by atoms with E-state index in [0.29, 0.717) is 0 Å². The first kappa shape index (κ1) is 16.8. The van der Waals surface area contributed by atoms with E-state index in [1.807, 2.05) is 42.3 Å². The van der Waals surface area contributed by atoms with Gasteiger partial charge in [-0.25, -0.2) is 4.98 Å². The van der Waals surface area contributed by atoms with Crippen molar-refractivity contribution in [3.63, 3.8) is 0 Å². The first-order valence-electron chi connectivity index (χ1n) is 8.47. The average molecular weight is 364 g/mol. The molecular formula is C20H20N4OS. The van der Waals surface area contributed by atoms with Gasteiger partial charge >= 0.3 is 0 Å². The molecule has 1 N–H and O–H groups in total. The summed E-state index contributed by atoms with van der Waals surface area (Å²) in [7, 11) is 1.70. The van der Waals surface area contributed by atoms with Crippen molar-refractivity contribution in [1.82, 2.24) is 19.7 Å². The zero-order valence-electron chi connectivity index (χ0n) is 14.7. The molecule has 0 spiro atoms. The lowest BCUT2D eigenvalue weighted by Gasteiger charge is -2.16. The first-order chi connectivity index (χ1) is 12.8. The van der Waals surface area contributed by atoms with Crippen molar-refractivity contribution in [1.29, 1.82) is 0 Å². The van der Waals surface area contributed by atoms with Crippen molar-refractivity contribution in [2.24, 2.45) is 0 Å². The smallest absolute Gasteiger partial charge is 0.137 e. The molecule has 1 unspecified atom stereocenters. The number of hydrogen-bond acceptors (Lipinski definition) is 5. The Bertz CT molecular complexity index is 1010. The van der Waals surface area contributed by atoms with Gasteiger partial charge in [-0.2, -0.15) is 0 Å². The second-order valence-corrected chi connectivity index (χ2v) is 7.01. The fourth-order valence-electron chi connectivity index (χ4n) is 3.06. The molecule has 0 bridgehead atoms. The number of imidazole rings is 1. The number of aromatic nitrogens is 3. The highest BCUT2D eigenvalue weighted by Gasteiger charge is 2.12. The molecule has 4 aromatic rings. The Morgan fingerprint density at radius 1 is 1.27 bits per heavy atom. The van der Waals surface area contributed by atoms with Crippen LogP contribution in [-0.2, 0) is 6.54 Å². The average Bonchev–Trinajstić information content (AvgIpc) is 3.37. The van der Waals surface area contributed by atoms with Gasteiger partial charge in [-0.1, -0.05) is 6.07 Å². The Morgan fingerprint density at radius 3 is 3.00 bits per heavy atom. The van der Waals surface area contributed by atoms with Crippen LogP contribution in [0.3, 0.4) is 0 Å². The minimum absolute atomic E-state index is 0.241. The van der Waals surface area contributed by atoms with E-state index >= 15 is 0 Å². The summed E-state index contributed by atoms with van der Waals surface area (Å²) >= 11 is 1.67. The van der Waals surface area contributed by atoms with E-state index in [0.717, 1.165) is 23.6 Å². The predicted octanol–water partition coefficient (Wildman–Crippen LogP) is 4.32. The number of hydrogen-bond donors (Lipinski definition) is 1. The number of ether oxygens (including phenoxy) is 1. The Labute approximate surface area is 156 Å². The van der Waals surface area contributed by atoms with Gasteiger partial charge in [0, 0.05) is 41.6 Å². The van der Waals surface area contributed by atoms with Crippen LogP contribution in [0.2, 0.25) is 0 Å². The molecular weight excluding hydrogens is 344 g/mol. The lowest BCUT2D eigenvalue weighted by Crippen LogP contribution is -2.18. The number of rotatable bonds is 6. The minimum atomic E-state index is 0.241. The van der Waals surface area contributed by atoms with Crippen LogP contribution in [0.4, 0.5) is 0 Å². The van der Waals surface area contributed by atoms with Crippen molar-refractivity contribution in [3.8, 4) is 17.0 Å². The van der Waals surface area contributed by atoms with E-state index in [4.69, 9.17) is 4.74 Å². The highest BCUT2D eigenvalue weighted by molar-refractivity contribution is 7.09. The number of nitrogens with one attached hydrogen (secondary N) is 1. The second kappa shape index (κ2) is 7.27.